The molecule has 1 saturated carbocycles. The normalized spacial score (nSPS) is 28.8. The van der Waals surface area contributed by atoms with E-state index >= 15 is 0 Å². The zero-order valence-corrected chi connectivity index (χ0v) is 12.4. The molecule has 2 atom stereocenters. The first kappa shape index (κ1) is 13.1. The highest BCUT2D eigenvalue weighted by Gasteiger charge is 2.50. The predicted molar refractivity (Wildman–Crippen MR) is 79.9 cm³/mol. The minimum absolute atomic E-state index is 0.188. The van der Waals surface area contributed by atoms with Crippen LogP contribution in [0.3, 0.4) is 0 Å². The van der Waals surface area contributed by atoms with Crippen molar-refractivity contribution >= 4 is 21.6 Å². The number of hydrogen-bond donors (Lipinski definition) is 2. The van der Waals surface area contributed by atoms with E-state index in [1.807, 2.05) is 6.07 Å². The molecule has 102 valence electrons. The zero-order chi connectivity index (χ0) is 13.6. The van der Waals surface area contributed by atoms with Crippen molar-refractivity contribution in [2.45, 2.75) is 37.1 Å². The maximum absolute atomic E-state index is 14.2. The zero-order valence-electron chi connectivity index (χ0n) is 10.8. The van der Waals surface area contributed by atoms with Gasteiger partial charge in [-0.25, -0.2) is 4.39 Å². The fourth-order valence-electron chi connectivity index (χ4n) is 3.77. The first-order valence-electron chi connectivity index (χ1n) is 6.74. The summed E-state index contributed by atoms with van der Waals surface area (Å²) >= 11 is 3.40. The van der Waals surface area contributed by atoms with Crippen molar-refractivity contribution in [3.63, 3.8) is 0 Å². The number of benzene rings is 1. The van der Waals surface area contributed by atoms with E-state index in [9.17, 15) is 4.39 Å². The molecular weight excluding hydrogens is 307 g/mol. The summed E-state index contributed by atoms with van der Waals surface area (Å²) in [6.45, 7) is 4.86. The first-order chi connectivity index (χ1) is 9.09. The molecule has 0 radical (unpaired) electrons. The van der Waals surface area contributed by atoms with E-state index in [1.165, 1.54) is 11.6 Å². The molecule has 0 aromatic heterocycles. The van der Waals surface area contributed by atoms with Crippen LogP contribution in [-0.2, 0) is 5.41 Å². The quantitative estimate of drug-likeness (QED) is 0.814. The molecule has 19 heavy (non-hydrogen) atoms. The van der Waals surface area contributed by atoms with Gasteiger partial charge in [0.15, 0.2) is 0 Å². The average Bonchev–Trinajstić information content (AvgIpc) is 2.67. The molecule has 0 bridgehead atoms. The summed E-state index contributed by atoms with van der Waals surface area (Å²) in [7, 11) is 0. The van der Waals surface area contributed by atoms with Gasteiger partial charge in [-0.05, 0) is 49.9 Å². The molecule has 0 spiro atoms. The van der Waals surface area contributed by atoms with Crippen molar-refractivity contribution in [1.82, 2.24) is 0 Å². The van der Waals surface area contributed by atoms with Crippen molar-refractivity contribution in [3.8, 4) is 0 Å². The lowest BCUT2D eigenvalue weighted by Crippen LogP contribution is -2.44. The van der Waals surface area contributed by atoms with E-state index in [0.717, 1.165) is 35.7 Å². The van der Waals surface area contributed by atoms with Gasteiger partial charge < -0.3 is 11.1 Å². The second-order valence-electron chi connectivity index (χ2n) is 5.51. The third-order valence-electron chi connectivity index (χ3n) is 4.59. The van der Waals surface area contributed by atoms with Gasteiger partial charge in [0.25, 0.3) is 0 Å². The van der Waals surface area contributed by atoms with E-state index in [-0.39, 0.29) is 17.3 Å². The number of anilines is 1. The third kappa shape index (κ3) is 1.77. The maximum atomic E-state index is 14.2. The molecule has 1 heterocycles. The maximum Gasteiger partial charge on any atom is 0.147 e. The van der Waals surface area contributed by atoms with Crippen LogP contribution >= 0.6 is 15.9 Å². The first-order valence-corrected chi connectivity index (χ1v) is 7.53. The predicted octanol–water partition coefficient (Wildman–Crippen LogP) is 3.71. The molecule has 2 aliphatic rings. The third-order valence-corrected chi connectivity index (χ3v) is 5.05. The summed E-state index contributed by atoms with van der Waals surface area (Å²) in [5, 5.41) is 3.38. The summed E-state index contributed by atoms with van der Waals surface area (Å²) in [5.41, 5.74) is 8.51. The van der Waals surface area contributed by atoms with Crippen LogP contribution < -0.4 is 11.1 Å². The van der Waals surface area contributed by atoms with Crippen molar-refractivity contribution in [1.29, 1.82) is 0 Å². The van der Waals surface area contributed by atoms with E-state index < -0.39 is 0 Å². The van der Waals surface area contributed by atoms with E-state index in [4.69, 9.17) is 5.73 Å². The van der Waals surface area contributed by atoms with E-state index in [1.54, 1.807) is 0 Å². The van der Waals surface area contributed by atoms with Gasteiger partial charge in [-0.3, -0.25) is 0 Å². The summed E-state index contributed by atoms with van der Waals surface area (Å²) in [5.74, 6) is -0.192. The van der Waals surface area contributed by atoms with Gasteiger partial charge in [0.1, 0.15) is 5.82 Å². The summed E-state index contributed by atoms with van der Waals surface area (Å²) in [6.07, 6.45) is 3.99. The molecule has 1 aliphatic carbocycles. The van der Waals surface area contributed by atoms with Crippen LogP contribution in [-0.4, -0.2) is 12.6 Å². The molecule has 3 rings (SSSR count). The van der Waals surface area contributed by atoms with E-state index in [2.05, 4.69) is 27.8 Å². The number of nitrogens with two attached hydrogens (primary N) is 1. The molecule has 1 fully saturated rings. The Morgan fingerprint density at radius 3 is 3.05 bits per heavy atom. The van der Waals surface area contributed by atoms with Crippen molar-refractivity contribution in [3.05, 3.63) is 40.1 Å². The van der Waals surface area contributed by atoms with Gasteiger partial charge in [0.2, 0.25) is 0 Å². The minimum Gasteiger partial charge on any atom is -0.378 e. The van der Waals surface area contributed by atoms with Gasteiger partial charge in [0, 0.05) is 15.9 Å². The molecular formula is C15H18BrFN2. The smallest absolute Gasteiger partial charge is 0.147 e. The number of halogens is 2. The Hall–Kier alpha value is -0.870. The fraction of sp³-hybridized carbons (Fsp3) is 0.467. The number of nitrogens with one attached hydrogen (secondary N) is 1. The van der Waals surface area contributed by atoms with Crippen LogP contribution in [0.25, 0.3) is 0 Å². The monoisotopic (exact) mass is 324 g/mol. The van der Waals surface area contributed by atoms with Crippen molar-refractivity contribution in [2.75, 3.05) is 11.9 Å². The highest BCUT2D eigenvalue weighted by Crippen LogP contribution is 2.54. The van der Waals surface area contributed by atoms with Crippen LogP contribution in [0.15, 0.2) is 28.8 Å². The highest BCUT2D eigenvalue weighted by atomic mass is 79.9. The second kappa shape index (κ2) is 4.60. The van der Waals surface area contributed by atoms with Crippen LogP contribution in [0.4, 0.5) is 10.1 Å². The Labute approximate surface area is 121 Å². The molecule has 0 saturated heterocycles. The Kier molecular flexibility index (Phi) is 3.18. The lowest BCUT2D eigenvalue weighted by molar-refractivity contribution is 0.348. The van der Waals surface area contributed by atoms with Crippen LogP contribution in [0.1, 0.15) is 31.2 Å². The Morgan fingerprint density at radius 2 is 2.32 bits per heavy atom. The molecule has 2 nitrogen and oxygen atoms in total. The Morgan fingerprint density at radius 1 is 1.53 bits per heavy atom. The standard InChI is InChI=1S/C15H18BrFN2/c1-9-3-2-4-13-15(9,5-6-18)11-7-10(16)8-12(17)14(11)19-13/h7-8,13,19H,1-6,18H2. The van der Waals surface area contributed by atoms with Gasteiger partial charge in [0.05, 0.1) is 5.69 Å². The fourth-order valence-corrected chi connectivity index (χ4v) is 4.20. The lowest BCUT2D eigenvalue weighted by Gasteiger charge is -2.41. The largest absolute Gasteiger partial charge is 0.378 e. The average molecular weight is 325 g/mol. The second-order valence-corrected chi connectivity index (χ2v) is 6.43. The van der Waals surface area contributed by atoms with Crippen LogP contribution in [0.2, 0.25) is 0 Å². The van der Waals surface area contributed by atoms with Crippen molar-refractivity contribution in [2.24, 2.45) is 5.73 Å². The highest BCUT2D eigenvalue weighted by molar-refractivity contribution is 9.10. The topological polar surface area (TPSA) is 38.0 Å². The molecule has 2 unspecified atom stereocenters. The van der Waals surface area contributed by atoms with Crippen LogP contribution in [0, 0.1) is 5.82 Å². The SMILES string of the molecule is C=C1CCCC2Nc3c(F)cc(Br)cc3C12CCN. The molecule has 3 N–H and O–H groups in total. The molecule has 1 aliphatic heterocycles. The number of fused-ring (bicyclic) bond motifs is 3. The van der Waals surface area contributed by atoms with E-state index in [0.29, 0.717) is 12.2 Å². The van der Waals surface area contributed by atoms with Crippen LogP contribution in [0.5, 0.6) is 0 Å². The molecule has 1 aromatic carbocycles. The summed E-state index contributed by atoms with van der Waals surface area (Å²) < 4.78 is 15.0. The molecule has 1 aromatic rings. The van der Waals surface area contributed by atoms with Gasteiger partial charge >= 0.3 is 0 Å². The summed E-state index contributed by atoms with van der Waals surface area (Å²) in [6, 6.07) is 3.77. The lowest BCUT2D eigenvalue weighted by atomic mass is 9.63. The van der Waals surface area contributed by atoms with Gasteiger partial charge in [-0.1, -0.05) is 28.1 Å². The van der Waals surface area contributed by atoms with Crippen molar-refractivity contribution < 1.29 is 4.39 Å². The minimum atomic E-state index is -0.192. The number of rotatable bonds is 2. The number of hydrogen-bond acceptors (Lipinski definition) is 2. The van der Waals surface area contributed by atoms with Gasteiger partial charge in [-0.15, -0.1) is 0 Å². The molecule has 0 amide bonds. The Bertz CT molecular complexity index is 543. The summed E-state index contributed by atoms with van der Waals surface area (Å²) in [4.78, 5) is 0. The molecule has 4 heteroatoms. The Balaban J connectivity index is 2.21. The van der Waals surface area contributed by atoms with Gasteiger partial charge in [-0.2, -0.15) is 0 Å².